The summed E-state index contributed by atoms with van der Waals surface area (Å²) in [4.78, 5) is 11.9. The Morgan fingerprint density at radius 1 is 1.05 bits per heavy atom. The summed E-state index contributed by atoms with van der Waals surface area (Å²) in [7, 11) is 1.83. The van der Waals surface area contributed by atoms with Crippen LogP contribution in [-0.2, 0) is 4.79 Å². The van der Waals surface area contributed by atoms with E-state index in [2.05, 4.69) is 10.6 Å². The molecule has 1 atom stereocenters. The lowest BCUT2D eigenvalue weighted by Gasteiger charge is -2.12. The molecule has 0 saturated heterocycles. The van der Waals surface area contributed by atoms with E-state index in [0.717, 1.165) is 17.2 Å². The Balaban J connectivity index is 1.95. The van der Waals surface area contributed by atoms with Gasteiger partial charge in [-0.2, -0.15) is 0 Å². The topological polar surface area (TPSA) is 50.4 Å². The summed E-state index contributed by atoms with van der Waals surface area (Å²) in [6.07, 6.45) is 0. The number of carbonyl (C=O) groups is 1. The molecule has 1 amide bonds. The van der Waals surface area contributed by atoms with Crippen molar-refractivity contribution < 1.29 is 9.53 Å². The van der Waals surface area contributed by atoms with Crippen molar-refractivity contribution in [1.29, 1.82) is 0 Å². The Bertz CT molecular complexity index is 606. The Hall–Kier alpha value is -2.33. The minimum absolute atomic E-state index is 0.00144. The first-order valence-corrected chi connectivity index (χ1v) is 7.38. The number of carbonyl (C=O) groups excluding carboxylic acids is 1. The average molecular weight is 298 g/mol. The summed E-state index contributed by atoms with van der Waals surface area (Å²) in [5.41, 5.74) is 1.96. The number of hydrogen-bond donors (Lipinski definition) is 2. The van der Waals surface area contributed by atoms with Crippen LogP contribution in [-0.4, -0.2) is 19.5 Å². The van der Waals surface area contributed by atoms with Crippen LogP contribution in [0.2, 0.25) is 0 Å². The number of benzene rings is 2. The Labute approximate surface area is 131 Å². The number of amides is 1. The van der Waals surface area contributed by atoms with Gasteiger partial charge in [-0.05, 0) is 50.4 Å². The highest BCUT2D eigenvalue weighted by Gasteiger charge is 2.11. The van der Waals surface area contributed by atoms with Crippen LogP contribution < -0.4 is 15.4 Å². The molecular formula is C18H22N2O2. The maximum Gasteiger partial charge on any atom is 0.228 e. The molecule has 0 aromatic heterocycles. The van der Waals surface area contributed by atoms with Crippen LogP contribution in [0.1, 0.15) is 12.5 Å². The van der Waals surface area contributed by atoms with Crippen molar-refractivity contribution in [3.8, 4) is 11.5 Å². The lowest BCUT2D eigenvalue weighted by atomic mass is 10.1. The second kappa shape index (κ2) is 7.61. The smallest absolute Gasteiger partial charge is 0.228 e. The van der Waals surface area contributed by atoms with Crippen LogP contribution >= 0.6 is 0 Å². The minimum atomic E-state index is -0.0755. The monoisotopic (exact) mass is 298 g/mol. The number of nitrogens with one attached hydrogen (secondary N) is 2. The lowest BCUT2D eigenvalue weighted by Crippen LogP contribution is -2.28. The number of hydrogen-bond acceptors (Lipinski definition) is 3. The van der Waals surface area contributed by atoms with Crippen LogP contribution in [0.5, 0.6) is 11.5 Å². The van der Waals surface area contributed by atoms with E-state index in [-0.39, 0.29) is 11.8 Å². The fourth-order valence-corrected chi connectivity index (χ4v) is 2.01. The normalized spacial score (nSPS) is 11.8. The van der Waals surface area contributed by atoms with Crippen LogP contribution in [0, 0.1) is 12.8 Å². The van der Waals surface area contributed by atoms with Crippen LogP contribution in [0.4, 0.5) is 5.69 Å². The van der Waals surface area contributed by atoms with Gasteiger partial charge in [0, 0.05) is 18.2 Å². The highest BCUT2D eigenvalue weighted by Crippen LogP contribution is 2.23. The van der Waals surface area contributed by atoms with Gasteiger partial charge in [0.15, 0.2) is 0 Å². The molecule has 22 heavy (non-hydrogen) atoms. The number of ether oxygens (including phenoxy) is 1. The molecule has 4 nitrogen and oxygen atoms in total. The molecule has 116 valence electrons. The van der Waals surface area contributed by atoms with Gasteiger partial charge in [-0.15, -0.1) is 0 Å². The van der Waals surface area contributed by atoms with E-state index in [0.29, 0.717) is 6.54 Å². The number of aryl methyl sites for hydroxylation is 1. The summed E-state index contributed by atoms with van der Waals surface area (Å²) in [5.74, 6) is 1.46. The standard InChI is InChI=1S/C18H22N2O2/c1-13-4-8-16(9-5-13)22-17-10-6-15(7-11-17)20-18(21)14(2)12-19-3/h4-11,14,19H,12H2,1-3H3,(H,20,21). The van der Waals surface area contributed by atoms with Gasteiger partial charge in [-0.3, -0.25) is 4.79 Å². The van der Waals surface area contributed by atoms with E-state index in [1.54, 1.807) is 0 Å². The maximum atomic E-state index is 11.9. The van der Waals surface area contributed by atoms with Crippen LogP contribution in [0.25, 0.3) is 0 Å². The van der Waals surface area contributed by atoms with Crippen molar-refractivity contribution in [3.63, 3.8) is 0 Å². The molecule has 1 unspecified atom stereocenters. The first kappa shape index (κ1) is 16.0. The maximum absolute atomic E-state index is 11.9. The SMILES string of the molecule is CNCC(C)C(=O)Nc1ccc(Oc2ccc(C)cc2)cc1. The number of rotatable bonds is 6. The minimum Gasteiger partial charge on any atom is -0.457 e. The van der Waals surface area contributed by atoms with E-state index < -0.39 is 0 Å². The summed E-state index contributed by atoms with van der Waals surface area (Å²) in [6, 6.07) is 15.3. The molecule has 0 bridgehead atoms. The third kappa shape index (κ3) is 4.60. The van der Waals surface area contributed by atoms with Crippen LogP contribution in [0.15, 0.2) is 48.5 Å². The van der Waals surface area contributed by atoms with Crippen molar-refractivity contribution in [2.45, 2.75) is 13.8 Å². The predicted molar refractivity (Wildman–Crippen MR) is 89.4 cm³/mol. The lowest BCUT2D eigenvalue weighted by molar-refractivity contribution is -0.119. The second-order valence-corrected chi connectivity index (χ2v) is 5.39. The molecule has 2 aromatic carbocycles. The molecule has 0 aliphatic rings. The summed E-state index contributed by atoms with van der Waals surface area (Å²) >= 11 is 0. The molecule has 0 heterocycles. The van der Waals surface area contributed by atoms with E-state index in [9.17, 15) is 4.79 Å². The van der Waals surface area contributed by atoms with Gasteiger partial charge in [0.1, 0.15) is 11.5 Å². The van der Waals surface area contributed by atoms with Crippen molar-refractivity contribution >= 4 is 11.6 Å². The van der Waals surface area contributed by atoms with Gasteiger partial charge >= 0.3 is 0 Å². The van der Waals surface area contributed by atoms with Gasteiger partial charge in [0.05, 0.1) is 0 Å². The second-order valence-electron chi connectivity index (χ2n) is 5.39. The van der Waals surface area contributed by atoms with Crippen molar-refractivity contribution in [2.24, 2.45) is 5.92 Å². The van der Waals surface area contributed by atoms with E-state index >= 15 is 0 Å². The zero-order valence-corrected chi connectivity index (χ0v) is 13.2. The third-order valence-corrected chi connectivity index (χ3v) is 3.34. The Morgan fingerprint density at radius 2 is 1.59 bits per heavy atom. The molecular weight excluding hydrogens is 276 g/mol. The van der Waals surface area contributed by atoms with E-state index in [1.165, 1.54) is 5.56 Å². The zero-order valence-electron chi connectivity index (χ0n) is 13.2. The molecule has 2 aromatic rings. The highest BCUT2D eigenvalue weighted by atomic mass is 16.5. The van der Waals surface area contributed by atoms with Crippen molar-refractivity contribution in [3.05, 3.63) is 54.1 Å². The predicted octanol–water partition coefficient (Wildman–Crippen LogP) is 3.58. The fraction of sp³-hybridized carbons (Fsp3) is 0.278. The third-order valence-electron chi connectivity index (χ3n) is 3.34. The van der Waals surface area contributed by atoms with E-state index in [1.807, 2.05) is 69.4 Å². The van der Waals surface area contributed by atoms with Gasteiger partial charge in [0.2, 0.25) is 5.91 Å². The first-order valence-electron chi connectivity index (χ1n) is 7.38. The van der Waals surface area contributed by atoms with Gasteiger partial charge in [0.25, 0.3) is 0 Å². The molecule has 0 radical (unpaired) electrons. The quantitative estimate of drug-likeness (QED) is 0.857. The van der Waals surface area contributed by atoms with Crippen molar-refractivity contribution in [2.75, 3.05) is 18.9 Å². The summed E-state index contributed by atoms with van der Waals surface area (Å²) in [5, 5.41) is 5.88. The fourth-order valence-electron chi connectivity index (χ4n) is 2.01. The summed E-state index contributed by atoms with van der Waals surface area (Å²) in [6.45, 7) is 4.58. The summed E-state index contributed by atoms with van der Waals surface area (Å²) < 4.78 is 5.76. The number of anilines is 1. The van der Waals surface area contributed by atoms with Gasteiger partial charge in [-0.25, -0.2) is 0 Å². The first-order chi connectivity index (χ1) is 10.6. The van der Waals surface area contributed by atoms with Gasteiger partial charge < -0.3 is 15.4 Å². The van der Waals surface area contributed by atoms with Crippen molar-refractivity contribution in [1.82, 2.24) is 5.32 Å². The molecule has 0 spiro atoms. The molecule has 0 aliphatic carbocycles. The Kier molecular flexibility index (Phi) is 5.55. The molecule has 0 aliphatic heterocycles. The molecule has 2 N–H and O–H groups in total. The average Bonchev–Trinajstić information content (AvgIpc) is 2.51. The van der Waals surface area contributed by atoms with Gasteiger partial charge in [-0.1, -0.05) is 24.6 Å². The Morgan fingerprint density at radius 3 is 2.14 bits per heavy atom. The molecule has 4 heteroatoms. The van der Waals surface area contributed by atoms with E-state index in [4.69, 9.17) is 4.74 Å². The largest absolute Gasteiger partial charge is 0.457 e. The zero-order chi connectivity index (χ0) is 15.9. The molecule has 0 fully saturated rings. The highest BCUT2D eigenvalue weighted by molar-refractivity contribution is 5.92. The van der Waals surface area contributed by atoms with Crippen LogP contribution in [0.3, 0.4) is 0 Å². The molecule has 2 rings (SSSR count). The molecule has 0 saturated carbocycles.